The molecule has 1 N–H and O–H groups in total. The minimum absolute atomic E-state index is 0.0954. The Morgan fingerprint density at radius 2 is 2.06 bits per heavy atom. The summed E-state index contributed by atoms with van der Waals surface area (Å²) in [5.41, 5.74) is 0.892. The molecule has 1 aromatic rings. The van der Waals surface area contributed by atoms with Crippen molar-refractivity contribution in [1.29, 1.82) is 0 Å². The van der Waals surface area contributed by atoms with Gasteiger partial charge in [-0.05, 0) is 31.5 Å². The molecule has 0 saturated carbocycles. The Hall–Kier alpha value is -1.07. The average molecular weight is 243 g/mol. The summed E-state index contributed by atoms with van der Waals surface area (Å²) >= 11 is 0. The molecule has 0 aliphatic rings. The van der Waals surface area contributed by atoms with Crippen LogP contribution >= 0.6 is 0 Å². The van der Waals surface area contributed by atoms with Crippen LogP contribution in [0.15, 0.2) is 24.3 Å². The molecular formula is C11H17NO3S. The van der Waals surface area contributed by atoms with E-state index in [0.29, 0.717) is 13.2 Å². The first kappa shape index (κ1) is 13.0. The lowest BCUT2D eigenvalue weighted by molar-refractivity contribution is 0.340. The van der Waals surface area contributed by atoms with Crippen molar-refractivity contribution < 1.29 is 13.2 Å². The quantitative estimate of drug-likeness (QED) is 0.824. The largest absolute Gasteiger partial charge is 0.494 e. The minimum atomic E-state index is -3.13. The van der Waals surface area contributed by atoms with Crippen molar-refractivity contribution in [1.82, 2.24) is 4.72 Å². The highest BCUT2D eigenvalue weighted by Gasteiger charge is 2.05. The number of hydrogen-bond acceptors (Lipinski definition) is 3. The lowest BCUT2D eigenvalue weighted by Gasteiger charge is -2.07. The average Bonchev–Trinajstić information content (AvgIpc) is 2.28. The molecule has 1 aromatic carbocycles. The number of ether oxygens (including phenoxy) is 1. The summed E-state index contributed by atoms with van der Waals surface area (Å²) < 4.78 is 30.3. The summed E-state index contributed by atoms with van der Waals surface area (Å²) in [6, 6.07) is 7.39. The molecule has 5 heteroatoms. The number of hydrogen-bond donors (Lipinski definition) is 1. The highest BCUT2D eigenvalue weighted by Crippen LogP contribution is 2.13. The Bertz CT molecular complexity index is 429. The Morgan fingerprint density at radius 1 is 1.31 bits per heavy atom. The summed E-state index contributed by atoms with van der Waals surface area (Å²) in [5, 5.41) is 0. The van der Waals surface area contributed by atoms with Gasteiger partial charge in [0.05, 0.1) is 12.4 Å². The topological polar surface area (TPSA) is 55.4 Å². The molecule has 0 bridgehead atoms. The van der Waals surface area contributed by atoms with Gasteiger partial charge in [-0.1, -0.05) is 12.1 Å². The van der Waals surface area contributed by atoms with E-state index in [-0.39, 0.29) is 5.75 Å². The minimum Gasteiger partial charge on any atom is -0.494 e. The number of sulfonamides is 1. The summed E-state index contributed by atoms with van der Waals surface area (Å²) in [7, 11) is -3.13. The SMILES string of the molecule is CCOc1cccc(CNS(=O)(=O)CC)c1. The van der Waals surface area contributed by atoms with Gasteiger partial charge in [-0.2, -0.15) is 0 Å². The van der Waals surface area contributed by atoms with Crippen molar-refractivity contribution in [3.8, 4) is 5.75 Å². The van der Waals surface area contributed by atoms with E-state index < -0.39 is 10.0 Å². The zero-order valence-electron chi connectivity index (χ0n) is 9.56. The van der Waals surface area contributed by atoms with Crippen LogP contribution in [-0.4, -0.2) is 20.8 Å². The second-order valence-corrected chi connectivity index (χ2v) is 5.40. The van der Waals surface area contributed by atoms with Gasteiger partial charge in [0.1, 0.15) is 5.75 Å². The van der Waals surface area contributed by atoms with Gasteiger partial charge in [0.25, 0.3) is 0 Å². The van der Waals surface area contributed by atoms with Gasteiger partial charge in [0.15, 0.2) is 0 Å². The Kier molecular flexibility index (Phi) is 4.76. The summed E-state index contributed by atoms with van der Waals surface area (Å²) in [6.45, 7) is 4.42. The molecule has 0 unspecified atom stereocenters. The van der Waals surface area contributed by atoms with E-state index in [4.69, 9.17) is 4.74 Å². The third-order valence-electron chi connectivity index (χ3n) is 2.09. The summed E-state index contributed by atoms with van der Waals surface area (Å²) in [4.78, 5) is 0. The molecule has 0 amide bonds. The molecule has 0 heterocycles. The van der Waals surface area contributed by atoms with Gasteiger partial charge >= 0.3 is 0 Å². The van der Waals surface area contributed by atoms with Gasteiger partial charge < -0.3 is 4.74 Å². The molecule has 4 nitrogen and oxygen atoms in total. The lowest BCUT2D eigenvalue weighted by Crippen LogP contribution is -2.24. The molecule has 0 atom stereocenters. The van der Waals surface area contributed by atoms with Crippen LogP contribution in [0.5, 0.6) is 5.75 Å². The summed E-state index contributed by atoms with van der Waals surface area (Å²) in [6.07, 6.45) is 0. The highest BCUT2D eigenvalue weighted by molar-refractivity contribution is 7.89. The first-order valence-corrected chi connectivity index (χ1v) is 6.91. The number of rotatable bonds is 6. The molecule has 0 spiro atoms. The predicted molar refractivity (Wildman–Crippen MR) is 63.9 cm³/mol. The van der Waals surface area contributed by atoms with Crippen molar-refractivity contribution in [3.05, 3.63) is 29.8 Å². The van der Waals surface area contributed by atoms with Crippen LogP contribution in [0.4, 0.5) is 0 Å². The van der Waals surface area contributed by atoms with Gasteiger partial charge in [0.2, 0.25) is 10.0 Å². The lowest BCUT2D eigenvalue weighted by atomic mass is 10.2. The number of nitrogens with one attached hydrogen (secondary N) is 1. The standard InChI is InChI=1S/C11H17NO3S/c1-3-15-11-7-5-6-10(8-11)9-12-16(13,14)4-2/h5-8,12H,3-4,9H2,1-2H3. The Morgan fingerprint density at radius 3 is 2.69 bits per heavy atom. The third-order valence-corrected chi connectivity index (χ3v) is 3.43. The predicted octanol–water partition coefficient (Wildman–Crippen LogP) is 1.52. The van der Waals surface area contributed by atoms with E-state index in [9.17, 15) is 8.42 Å². The van der Waals surface area contributed by atoms with Crippen molar-refractivity contribution in [2.45, 2.75) is 20.4 Å². The maximum atomic E-state index is 11.2. The molecule has 0 aliphatic carbocycles. The molecule has 1 rings (SSSR count). The van der Waals surface area contributed by atoms with Crippen LogP contribution in [0.1, 0.15) is 19.4 Å². The molecule has 0 aromatic heterocycles. The molecule has 16 heavy (non-hydrogen) atoms. The first-order chi connectivity index (χ1) is 7.57. The smallest absolute Gasteiger partial charge is 0.211 e. The van der Waals surface area contributed by atoms with E-state index in [1.165, 1.54) is 0 Å². The monoisotopic (exact) mass is 243 g/mol. The molecule has 0 radical (unpaired) electrons. The second-order valence-electron chi connectivity index (χ2n) is 3.30. The van der Waals surface area contributed by atoms with Crippen molar-refractivity contribution in [3.63, 3.8) is 0 Å². The van der Waals surface area contributed by atoms with Crippen LogP contribution in [0, 0.1) is 0 Å². The fourth-order valence-electron chi connectivity index (χ4n) is 1.21. The van der Waals surface area contributed by atoms with Gasteiger partial charge in [-0.15, -0.1) is 0 Å². The van der Waals surface area contributed by atoms with E-state index >= 15 is 0 Å². The van der Waals surface area contributed by atoms with Crippen molar-refractivity contribution in [2.75, 3.05) is 12.4 Å². The van der Waals surface area contributed by atoms with Crippen LogP contribution in [0.2, 0.25) is 0 Å². The van der Waals surface area contributed by atoms with E-state index in [1.54, 1.807) is 6.92 Å². The van der Waals surface area contributed by atoms with Crippen LogP contribution < -0.4 is 9.46 Å². The van der Waals surface area contributed by atoms with Crippen molar-refractivity contribution in [2.24, 2.45) is 0 Å². The second kappa shape index (κ2) is 5.86. The first-order valence-electron chi connectivity index (χ1n) is 5.26. The van der Waals surface area contributed by atoms with Crippen LogP contribution in [0.25, 0.3) is 0 Å². The zero-order chi connectivity index (χ0) is 12.0. The van der Waals surface area contributed by atoms with Gasteiger partial charge in [-0.3, -0.25) is 0 Å². The maximum absolute atomic E-state index is 11.2. The van der Waals surface area contributed by atoms with E-state index in [0.717, 1.165) is 11.3 Å². The molecule has 0 saturated heterocycles. The van der Waals surface area contributed by atoms with E-state index in [2.05, 4.69) is 4.72 Å². The van der Waals surface area contributed by atoms with Gasteiger partial charge in [0, 0.05) is 6.54 Å². The molecule has 0 aliphatic heterocycles. The fourth-order valence-corrected chi connectivity index (χ4v) is 1.80. The maximum Gasteiger partial charge on any atom is 0.211 e. The summed E-state index contributed by atoms with van der Waals surface area (Å²) in [5.74, 6) is 0.855. The molecule has 0 fully saturated rings. The van der Waals surface area contributed by atoms with Crippen LogP contribution in [-0.2, 0) is 16.6 Å². The van der Waals surface area contributed by atoms with E-state index in [1.807, 2.05) is 31.2 Å². The Labute approximate surface area is 96.7 Å². The molecular weight excluding hydrogens is 226 g/mol. The van der Waals surface area contributed by atoms with Crippen molar-refractivity contribution >= 4 is 10.0 Å². The zero-order valence-corrected chi connectivity index (χ0v) is 10.4. The van der Waals surface area contributed by atoms with Gasteiger partial charge in [-0.25, -0.2) is 13.1 Å². The third kappa shape index (κ3) is 4.20. The fraction of sp³-hybridized carbons (Fsp3) is 0.455. The normalized spacial score (nSPS) is 11.4. The Balaban J connectivity index is 2.64. The molecule has 90 valence electrons. The highest BCUT2D eigenvalue weighted by atomic mass is 32.2. The number of benzene rings is 1. The van der Waals surface area contributed by atoms with Crippen LogP contribution in [0.3, 0.4) is 0 Å².